The van der Waals surface area contributed by atoms with Crippen LogP contribution in [0.5, 0.6) is 11.5 Å². The van der Waals surface area contributed by atoms with E-state index in [0.29, 0.717) is 47.3 Å². The molecule has 8 nitrogen and oxygen atoms in total. The first kappa shape index (κ1) is 21.0. The summed E-state index contributed by atoms with van der Waals surface area (Å²) < 4.78 is 12.4. The number of ether oxygens (including phenoxy) is 2. The van der Waals surface area contributed by atoms with E-state index in [1.165, 1.54) is 16.0 Å². The quantitative estimate of drug-likeness (QED) is 0.655. The fourth-order valence-electron chi connectivity index (χ4n) is 3.46. The molecule has 0 aliphatic carbocycles. The predicted molar refractivity (Wildman–Crippen MR) is 118 cm³/mol. The zero-order valence-electron chi connectivity index (χ0n) is 17.9. The van der Waals surface area contributed by atoms with Crippen molar-refractivity contribution in [3.63, 3.8) is 0 Å². The van der Waals surface area contributed by atoms with Crippen molar-refractivity contribution in [2.45, 2.75) is 27.2 Å². The van der Waals surface area contributed by atoms with Gasteiger partial charge in [0, 0.05) is 13.6 Å². The smallest absolute Gasteiger partial charge is 0.277 e. The number of hydrogen-bond acceptors (Lipinski definition) is 7. The zero-order chi connectivity index (χ0) is 22.1. The second-order valence-electron chi connectivity index (χ2n) is 7.43. The average Bonchev–Trinajstić information content (AvgIpc) is 3.13. The van der Waals surface area contributed by atoms with Crippen molar-refractivity contribution < 1.29 is 14.3 Å². The molecule has 0 saturated heterocycles. The summed E-state index contributed by atoms with van der Waals surface area (Å²) >= 11 is 1.23. The number of thiazole rings is 1. The molecule has 1 N–H and O–H groups in total. The fraction of sp³-hybridized carbons (Fsp3) is 0.364. The molecule has 0 bridgehead atoms. The highest BCUT2D eigenvalue weighted by atomic mass is 32.1. The van der Waals surface area contributed by atoms with E-state index in [2.05, 4.69) is 15.4 Å². The molecular formula is C22H24N4O4S. The van der Waals surface area contributed by atoms with E-state index < -0.39 is 0 Å². The molecule has 9 heteroatoms. The van der Waals surface area contributed by atoms with Gasteiger partial charge in [-0.2, -0.15) is 5.10 Å². The normalized spacial score (nSPS) is 12.6. The maximum atomic E-state index is 12.8. The minimum atomic E-state index is -0.220. The summed E-state index contributed by atoms with van der Waals surface area (Å²) in [5.74, 6) is 1.29. The average molecular weight is 441 g/mol. The Balaban J connectivity index is 1.47. The molecule has 1 aliphatic heterocycles. The molecule has 0 fully saturated rings. The lowest BCUT2D eigenvalue weighted by molar-refractivity contribution is 0.0957. The van der Waals surface area contributed by atoms with Crippen LogP contribution in [0.3, 0.4) is 0 Å². The zero-order valence-corrected chi connectivity index (χ0v) is 18.8. The standard InChI is InChI=1S/C22H24N4O4S/c1-12-13(2)25-26(4)22(28)18(12)21-24-14(3)19(31-21)20(27)23-8-7-15-5-6-16-17(11-15)30-10-9-29-16/h5-6,11H,7-10H2,1-4H3,(H,23,27). The second-order valence-corrected chi connectivity index (χ2v) is 8.43. The number of carbonyl (C=O) groups excluding carboxylic acids is 1. The van der Waals surface area contributed by atoms with Crippen LogP contribution < -0.4 is 20.3 Å². The van der Waals surface area contributed by atoms with Gasteiger partial charge in [0.25, 0.3) is 11.5 Å². The van der Waals surface area contributed by atoms with Crippen LogP contribution in [-0.2, 0) is 13.5 Å². The number of aromatic nitrogens is 3. The van der Waals surface area contributed by atoms with Gasteiger partial charge in [-0.05, 0) is 50.5 Å². The van der Waals surface area contributed by atoms with Gasteiger partial charge >= 0.3 is 0 Å². The van der Waals surface area contributed by atoms with E-state index in [0.717, 1.165) is 28.3 Å². The molecule has 162 valence electrons. The van der Waals surface area contributed by atoms with E-state index in [1.807, 2.05) is 32.0 Å². The van der Waals surface area contributed by atoms with Crippen LogP contribution in [0.25, 0.3) is 10.6 Å². The first-order valence-electron chi connectivity index (χ1n) is 10.0. The number of carbonyl (C=O) groups is 1. The predicted octanol–water partition coefficient (Wildman–Crippen LogP) is 2.57. The van der Waals surface area contributed by atoms with Gasteiger partial charge in [0.2, 0.25) is 0 Å². The van der Waals surface area contributed by atoms with E-state index in [9.17, 15) is 9.59 Å². The number of aryl methyl sites for hydroxylation is 3. The van der Waals surface area contributed by atoms with Gasteiger partial charge in [-0.1, -0.05) is 6.07 Å². The lowest BCUT2D eigenvalue weighted by Gasteiger charge is -2.18. The molecular weight excluding hydrogens is 416 g/mol. The summed E-state index contributed by atoms with van der Waals surface area (Å²) in [5, 5.41) is 7.69. The molecule has 1 amide bonds. The second kappa shape index (κ2) is 8.50. The molecule has 1 aromatic carbocycles. The number of fused-ring (bicyclic) bond motifs is 1. The number of rotatable bonds is 5. The number of benzene rings is 1. The lowest BCUT2D eigenvalue weighted by atomic mass is 10.1. The Labute approximate surface area is 183 Å². The van der Waals surface area contributed by atoms with Crippen molar-refractivity contribution in [1.29, 1.82) is 0 Å². The number of amides is 1. The highest BCUT2D eigenvalue weighted by Crippen LogP contribution is 2.31. The van der Waals surface area contributed by atoms with Gasteiger partial charge in [-0.3, -0.25) is 9.59 Å². The Morgan fingerprint density at radius 3 is 2.68 bits per heavy atom. The summed E-state index contributed by atoms with van der Waals surface area (Å²) in [6, 6.07) is 5.81. The van der Waals surface area contributed by atoms with Gasteiger partial charge in [0.1, 0.15) is 23.1 Å². The number of hydrogen-bond donors (Lipinski definition) is 1. The van der Waals surface area contributed by atoms with Crippen LogP contribution >= 0.6 is 11.3 Å². The molecule has 3 aromatic rings. The van der Waals surface area contributed by atoms with Crippen molar-refractivity contribution in [3.8, 4) is 22.1 Å². The number of nitrogens with zero attached hydrogens (tertiary/aromatic N) is 3. The van der Waals surface area contributed by atoms with Gasteiger partial charge in [-0.15, -0.1) is 11.3 Å². The number of nitrogens with one attached hydrogen (secondary N) is 1. The first-order valence-corrected chi connectivity index (χ1v) is 10.9. The van der Waals surface area contributed by atoms with Crippen LogP contribution in [-0.4, -0.2) is 40.4 Å². The first-order chi connectivity index (χ1) is 14.8. The minimum absolute atomic E-state index is 0.195. The van der Waals surface area contributed by atoms with Gasteiger partial charge in [0.05, 0.1) is 17.0 Å². The van der Waals surface area contributed by atoms with Crippen molar-refractivity contribution in [2.24, 2.45) is 7.05 Å². The van der Waals surface area contributed by atoms with Crippen LogP contribution in [0, 0.1) is 20.8 Å². The maximum Gasteiger partial charge on any atom is 0.277 e. The Morgan fingerprint density at radius 2 is 1.90 bits per heavy atom. The molecule has 0 saturated carbocycles. The van der Waals surface area contributed by atoms with E-state index in [-0.39, 0.29) is 11.5 Å². The summed E-state index contributed by atoms with van der Waals surface area (Å²) in [5.41, 5.74) is 3.48. The summed E-state index contributed by atoms with van der Waals surface area (Å²) in [7, 11) is 1.62. The Kier molecular flexibility index (Phi) is 5.77. The Hall–Kier alpha value is -3.20. The molecule has 0 radical (unpaired) electrons. The monoisotopic (exact) mass is 440 g/mol. The van der Waals surface area contributed by atoms with Crippen molar-refractivity contribution in [3.05, 3.63) is 55.9 Å². The van der Waals surface area contributed by atoms with Gasteiger partial charge in [-0.25, -0.2) is 9.67 Å². The topological polar surface area (TPSA) is 95.3 Å². The van der Waals surface area contributed by atoms with Crippen LogP contribution in [0.1, 0.15) is 32.2 Å². The molecule has 1 aliphatic rings. The third kappa shape index (κ3) is 4.18. The highest BCUT2D eigenvalue weighted by Gasteiger charge is 2.21. The van der Waals surface area contributed by atoms with Gasteiger partial charge in [0.15, 0.2) is 11.5 Å². The largest absolute Gasteiger partial charge is 0.486 e. The Bertz CT molecular complexity index is 1210. The van der Waals surface area contributed by atoms with Crippen molar-refractivity contribution >= 4 is 17.2 Å². The molecule has 0 unspecified atom stereocenters. The fourth-order valence-corrected chi connectivity index (χ4v) is 4.53. The van der Waals surface area contributed by atoms with Crippen LogP contribution in [0.15, 0.2) is 23.0 Å². The molecule has 4 rings (SSSR count). The van der Waals surface area contributed by atoms with E-state index >= 15 is 0 Å². The van der Waals surface area contributed by atoms with Crippen molar-refractivity contribution in [2.75, 3.05) is 19.8 Å². The Morgan fingerprint density at radius 1 is 1.16 bits per heavy atom. The molecule has 0 spiro atoms. The summed E-state index contributed by atoms with van der Waals surface area (Å²) in [6.45, 7) is 7.06. The third-order valence-electron chi connectivity index (χ3n) is 5.25. The molecule has 2 aromatic heterocycles. The van der Waals surface area contributed by atoms with E-state index in [4.69, 9.17) is 9.47 Å². The molecule has 3 heterocycles. The third-order valence-corrected chi connectivity index (χ3v) is 6.42. The van der Waals surface area contributed by atoms with E-state index in [1.54, 1.807) is 14.0 Å². The molecule has 31 heavy (non-hydrogen) atoms. The lowest BCUT2D eigenvalue weighted by Crippen LogP contribution is -2.25. The van der Waals surface area contributed by atoms with Crippen LogP contribution in [0.4, 0.5) is 0 Å². The maximum absolute atomic E-state index is 12.8. The SMILES string of the molecule is Cc1nc(-c2c(C)c(C)nn(C)c2=O)sc1C(=O)NCCc1ccc2c(c1)OCCO2. The van der Waals surface area contributed by atoms with Crippen LogP contribution in [0.2, 0.25) is 0 Å². The van der Waals surface area contributed by atoms with Crippen molar-refractivity contribution in [1.82, 2.24) is 20.1 Å². The van der Waals surface area contributed by atoms with Gasteiger partial charge < -0.3 is 14.8 Å². The summed E-state index contributed by atoms with van der Waals surface area (Å²) in [4.78, 5) is 30.4. The minimum Gasteiger partial charge on any atom is -0.486 e. The highest BCUT2D eigenvalue weighted by molar-refractivity contribution is 7.17. The molecule has 0 atom stereocenters. The summed E-state index contributed by atoms with van der Waals surface area (Å²) in [6.07, 6.45) is 0.663.